The second-order valence-corrected chi connectivity index (χ2v) is 10.8. The van der Waals surface area contributed by atoms with E-state index in [9.17, 15) is 22.1 Å². The Morgan fingerprint density at radius 1 is 1.00 bits per heavy atom. The number of pyridine rings is 1. The molecule has 4 nitrogen and oxygen atoms in total. The quantitative estimate of drug-likeness (QED) is 0.170. The third-order valence-electron chi connectivity index (χ3n) is 6.64. The molecule has 3 aromatic carbocycles. The minimum atomic E-state index is -2.23. The maximum Gasteiger partial charge on any atom is 0.230 e. The Kier molecular flexibility index (Phi) is 6.72. The van der Waals surface area contributed by atoms with Crippen LogP contribution in [0.2, 0.25) is 5.02 Å². The molecule has 1 aromatic heterocycles. The molecule has 192 valence electrons. The summed E-state index contributed by atoms with van der Waals surface area (Å²) >= 11 is 4.49. The van der Waals surface area contributed by atoms with Gasteiger partial charge < -0.3 is 14.8 Å². The van der Waals surface area contributed by atoms with Gasteiger partial charge in [-0.1, -0.05) is 29.8 Å². The average Bonchev–Trinajstić information content (AvgIpc) is 2.81. The molecular weight excluding hydrogens is 526 g/mol. The molecule has 0 aliphatic carbocycles. The van der Waals surface area contributed by atoms with Crippen molar-refractivity contribution in [3.8, 4) is 11.1 Å². The van der Waals surface area contributed by atoms with Crippen LogP contribution < -0.4 is 10.2 Å². The number of fused-ring (bicyclic) bond motifs is 1. The molecule has 0 amide bonds. The Labute approximate surface area is 219 Å². The van der Waals surface area contributed by atoms with E-state index in [0.717, 1.165) is 45.1 Å². The zero-order valence-electron chi connectivity index (χ0n) is 20.1. The molecule has 5 rings (SSSR count). The third-order valence-corrected chi connectivity index (χ3v) is 7.89. The van der Waals surface area contributed by atoms with E-state index in [0.29, 0.717) is 18.1 Å². The molecule has 1 fully saturated rings. The zero-order valence-corrected chi connectivity index (χ0v) is 21.7. The van der Waals surface area contributed by atoms with Crippen LogP contribution in [-0.2, 0) is 11.2 Å². The van der Waals surface area contributed by atoms with Crippen molar-refractivity contribution in [2.75, 3.05) is 29.6 Å². The number of aryl methyl sites for hydroxylation is 2. The van der Waals surface area contributed by atoms with Crippen molar-refractivity contribution < 1.29 is 22.1 Å². The smallest absolute Gasteiger partial charge is 0.230 e. The Morgan fingerprint density at radius 3 is 2.22 bits per heavy atom. The number of aromatic nitrogens is 1. The lowest BCUT2D eigenvalue weighted by molar-refractivity contribution is 0.420. The Morgan fingerprint density at radius 2 is 1.62 bits per heavy atom. The number of halogens is 5. The molecule has 1 unspecified atom stereocenters. The van der Waals surface area contributed by atoms with Crippen LogP contribution in [0.15, 0.2) is 47.5 Å². The molecule has 4 aromatic rings. The minimum absolute atomic E-state index is 0.318. The van der Waals surface area contributed by atoms with Gasteiger partial charge in [-0.3, -0.25) is 4.98 Å². The fourth-order valence-corrected chi connectivity index (χ4v) is 5.76. The highest BCUT2D eigenvalue weighted by molar-refractivity contribution is 7.90. The molecule has 1 aliphatic heterocycles. The molecule has 2 heterocycles. The van der Waals surface area contributed by atoms with Gasteiger partial charge in [0.1, 0.15) is 11.9 Å². The zero-order chi connectivity index (χ0) is 26.6. The van der Waals surface area contributed by atoms with Gasteiger partial charge in [0, 0.05) is 40.9 Å². The summed E-state index contributed by atoms with van der Waals surface area (Å²) in [5.74, 6) is -6.51. The number of anilines is 2. The lowest BCUT2D eigenvalue weighted by Crippen LogP contribution is -2.55. The second kappa shape index (κ2) is 9.70. The third kappa shape index (κ3) is 4.39. The van der Waals surface area contributed by atoms with Crippen LogP contribution in [0.5, 0.6) is 0 Å². The Balaban J connectivity index is 1.41. The summed E-state index contributed by atoms with van der Waals surface area (Å²) < 4.78 is 68.9. The molecule has 1 N–H and O–H groups in total. The van der Waals surface area contributed by atoms with Gasteiger partial charge in [-0.25, -0.2) is 8.78 Å². The number of nitrogens with zero attached hydrogens (tertiary/aromatic N) is 2. The van der Waals surface area contributed by atoms with Crippen LogP contribution in [0, 0.1) is 37.1 Å². The molecular formula is C27H22ClF4N3OS. The van der Waals surface area contributed by atoms with Gasteiger partial charge in [0.25, 0.3) is 0 Å². The summed E-state index contributed by atoms with van der Waals surface area (Å²) in [6.45, 7) is 4.69. The van der Waals surface area contributed by atoms with Gasteiger partial charge in [0.15, 0.2) is 11.6 Å². The van der Waals surface area contributed by atoms with E-state index in [-0.39, 0.29) is 0 Å². The first-order valence-corrected chi connectivity index (χ1v) is 13.4. The SMILES string of the molecule is Cc1cccc(C)c1-c1cc2nccc(N3CC(Nc4c(F)c(F)c([S+](C)[O-])c(F)c4F)C3)c2cc1Cl. The van der Waals surface area contributed by atoms with Crippen LogP contribution >= 0.6 is 11.6 Å². The number of benzene rings is 3. The Hall–Kier alpha value is -3.01. The van der Waals surface area contributed by atoms with Crippen molar-refractivity contribution in [2.24, 2.45) is 0 Å². The first kappa shape index (κ1) is 25.6. The summed E-state index contributed by atoms with van der Waals surface area (Å²) in [5, 5.41) is 3.93. The van der Waals surface area contributed by atoms with Crippen molar-refractivity contribution in [1.82, 2.24) is 4.98 Å². The molecule has 37 heavy (non-hydrogen) atoms. The van der Waals surface area contributed by atoms with Gasteiger partial charge in [0.05, 0.1) is 11.6 Å². The lowest BCUT2D eigenvalue weighted by Gasteiger charge is -2.42. The molecule has 1 aliphatic rings. The molecule has 0 spiro atoms. The molecule has 1 saturated heterocycles. The van der Waals surface area contributed by atoms with Crippen molar-refractivity contribution in [3.63, 3.8) is 0 Å². The van der Waals surface area contributed by atoms with Gasteiger partial charge in [-0.2, -0.15) is 8.78 Å². The molecule has 10 heteroatoms. The van der Waals surface area contributed by atoms with Gasteiger partial charge in [-0.15, -0.1) is 0 Å². The number of rotatable bonds is 5. The van der Waals surface area contributed by atoms with E-state index in [1.807, 2.05) is 55.1 Å². The van der Waals surface area contributed by atoms with E-state index in [2.05, 4.69) is 10.3 Å². The normalized spacial score (nSPS) is 14.7. The summed E-state index contributed by atoms with van der Waals surface area (Å²) in [6.07, 6.45) is 2.63. The van der Waals surface area contributed by atoms with Crippen LogP contribution in [0.1, 0.15) is 11.1 Å². The largest absolute Gasteiger partial charge is 0.611 e. The summed E-state index contributed by atoms with van der Waals surface area (Å²) in [6, 6.07) is 11.2. The van der Waals surface area contributed by atoms with Crippen LogP contribution in [0.25, 0.3) is 22.0 Å². The summed E-state index contributed by atoms with van der Waals surface area (Å²) in [5.41, 5.74) is 4.78. The number of hydrogen-bond acceptors (Lipinski definition) is 4. The van der Waals surface area contributed by atoms with Crippen molar-refractivity contribution >= 4 is 45.1 Å². The van der Waals surface area contributed by atoms with E-state index in [1.165, 1.54) is 0 Å². The van der Waals surface area contributed by atoms with Crippen molar-refractivity contribution in [2.45, 2.75) is 24.8 Å². The number of nitrogens with one attached hydrogen (secondary N) is 1. The van der Waals surface area contributed by atoms with Gasteiger partial charge in [-0.05, 0) is 59.9 Å². The minimum Gasteiger partial charge on any atom is -0.611 e. The molecule has 1 atom stereocenters. The Bertz CT molecular complexity index is 1490. The summed E-state index contributed by atoms with van der Waals surface area (Å²) in [7, 11) is 0. The predicted molar refractivity (Wildman–Crippen MR) is 140 cm³/mol. The van der Waals surface area contributed by atoms with Crippen molar-refractivity contribution in [3.05, 3.63) is 82.0 Å². The monoisotopic (exact) mass is 547 g/mol. The van der Waals surface area contributed by atoms with Crippen LogP contribution in [-0.4, -0.2) is 34.9 Å². The molecule has 0 saturated carbocycles. The maximum atomic E-state index is 14.5. The van der Waals surface area contributed by atoms with Crippen LogP contribution in [0.4, 0.5) is 28.9 Å². The highest BCUT2D eigenvalue weighted by atomic mass is 35.5. The lowest BCUT2D eigenvalue weighted by atomic mass is 9.94. The molecule has 0 radical (unpaired) electrons. The first-order valence-electron chi connectivity index (χ1n) is 11.4. The second-order valence-electron chi connectivity index (χ2n) is 9.11. The average molecular weight is 548 g/mol. The fourth-order valence-electron chi connectivity index (χ4n) is 4.82. The first-order chi connectivity index (χ1) is 17.6. The highest BCUT2D eigenvalue weighted by Gasteiger charge is 2.35. The standard InChI is InChI=1S/C27H22ClF4N3OS/c1-13-5-4-6-14(2)21(13)16-10-19-17(9-18(16)28)20(7-8-33-19)35-11-15(12-35)34-26-22(29)24(31)27(37(3)36)25(32)23(26)30/h4-10,15,34H,11-12H2,1-3H3. The predicted octanol–water partition coefficient (Wildman–Crippen LogP) is 6.77. The fraction of sp³-hybridized carbons (Fsp3) is 0.222. The summed E-state index contributed by atoms with van der Waals surface area (Å²) in [4.78, 5) is 5.35. The van der Waals surface area contributed by atoms with Gasteiger partial charge >= 0.3 is 0 Å². The van der Waals surface area contributed by atoms with E-state index >= 15 is 0 Å². The van der Waals surface area contributed by atoms with E-state index in [4.69, 9.17) is 11.6 Å². The topological polar surface area (TPSA) is 51.2 Å². The van der Waals surface area contributed by atoms with E-state index in [1.54, 1.807) is 6.20 Å². The maximum absolute atomic E-state index is 14.5. The molecule has 0 bridgehead atoms. The number of hydrogen-bond donors (Lipinski definition) is 1. The van der Waals surface area contributed by atoms with E-state index < -0.39 is 51.1 Å². The van der Waals surface area contributed by atoms with Gasteiger partial charge in [0.2, 0.25) is 16.5 Å². The van der Waals surface area contributed by atoms with Crippen LogP contribution in [0.3, 0.4) is 0 Å². The van der Waals surface area contributed by atoms with Crippen molar-refractivity contribution in [1.29, 1.82) is 0 Å². The highest BCUT2D eigenvalue weighted by Crippen LogP contribution is 2.39.